The minimum atomic E-state index is -0.621. The van der Waals surface area contributed by atoms with Crippen molar-refractivity contribution in [1.29, 1.82) is 0 Å². The van der Waals surface area contributed by atoms with Gasteiger partial charge in [0.25, 0.3) is 5.91 Å². The van der Waals surface area contributed by atoms with E-state index in [0.717, 1.165) is 11.3 Å². The van der Waals surface area contributed by atoms with Crippen LogP contribution < -0.4 is 5.32 Å². The molecule has 1 aliphatic heterocycles. The predicted octanol–water partition coefficient (Wildman–Crippen LogP) is 3.64. The zero-order valence-corrected chi connectivity index (χ0v) is 19.6. The van der Waals surface area contributed by atoms with E-state index < -0.39 is 11.7 Å². The minimum Gasteiger partial charge on any atom is -0.374 e. The number of hydrogen-bond donors (Lipinski definition) is 1. The maximum Gasteiger partial charge on any atom is 0.254 e. The number of benzene rings is 1. The molecular formula is C24H26ClFN4O3. The van der Waals surface area contributed by atoms with Crippen molar-refractivity contribution in [1.82, 2.24) is 19.6 Å². The van der Waals surface area contributed by atoms with Crippen molar-refractivity contribution < 1.29 is 18.7 Å². The van der Waals surface area contributed by atoms with Crippen LogP contribution in [0.2, 0.25) is 5.02 Å². The summed E-state index contributed by atoms with van der Waals surface area (Å²) in [6.45, 7) is 5.18. The Hall–Kier alpha value is -2.97. The molecule has 3 aromatic rings. The lowest BCUT2D eigenvalue weighted by atomic mass is 9.98. The second-order valence-electron chi connectivity index (χ2n) is 8.10. The smallest absolute Gasteiger partial charge is 0.254 e. The quantitative estimate of drug-likeness (QED) is 0.615. The third-order valence-corrected chi connectivity index (χ3v) is 6.18. The standard InChI is InChI=1S/C24H26ClFN4O3/c1-4-22(31)29-7-8-33-16(13-29)11-20-23(28-21-10-15(25)5-6-30(20)21)17-12-19(26)18(9-14(17)2)24(32)27-3/h5-6,9-10,12,16H,4,7-8,11,13H2,1-3H3,(H,27,32)/t16-/m0/s1. The van der Waals surface area contributed by atoms with Gasteiger partial charge in [0.1, 0.15) is 11.5 Å². The number of halogens is 2. The van der Waals surface area contributed by atoms with Gasteiger partial charge in [0.05, 0.1) is 29.7 Å². The van der Waals surface area contributed by atoms with E-state index in [2.05, 4.69) is 5.32 Å². The summed E-state index contributed by atoms with van der Waals surface area (Å²) in [7, 11) is 1.46. The van der Waals surface area contributed by atoms with Gasteiger partial charge in [-0.2, -0.15) is 0 Å². The molecule has 3 heterocycles. The fourth-order valence-corrected chi connectivity index (χ4v) is 4.39. The van der Waals surface area contributed by atoms with E-state index in [0.29, 0.717) is 54.5 Å². The molecule has 1 N–H and O–H groups in total. The topological polar surface area (TPSA) is 75.9 Å². The number of carbonyl (C=O) groups is 2. The van der Waals surface area contributed by atoms with Crippen LogP contribution in [-0.4, -0.2) is 58.9 Å². The highest BCUT2D eigenvalue weighted by atomic mass is 35.5. The van der Waals surface area contributed by atoms with Crippen molar-refractivity contribution in [2.24, 2.45) is 0 Å². The number of pyridine rings is 1. The van der Waals surface area contributed by atoms with Crippen LogP contribution in [0.5, 0.6) is 0 Å². The highest BCUT2D eigenvalue weighted by Gasteiger charge is 2.27. The molecule has 0 unspecified atom stereocenters. The SMILES string of the molecule is CCC(=O)N1CCO[C@@H](Cc2c(-c3cc(F)c(C(=O)NC)cc3C)nc3cc(Cl)ccn23)C1. The van der Waals surface area contributed by atoms with E-state index in [9.17, 15) is 14.0 Å². The molecule has 1 aromatic carbocycles. The number of aromatic nitrogens is 2. The Morgan fingerprint density at radius 3 is 2.85 bits per heavy atom. The molecule has 0 bridgehead atoms. The van der Waals surface area contributed by atoms with Gasteiger partial charge in [0.15, 0.2) is 0 Å². The molecule has 9 heteroatoms. The molecule has 0 spiro atoms. The Kier molecular flexibility index (Phi) is 6.67. The highest BCUT2D eigenvalue weighted by molar-refractivity contribution is 6.30. The Labute approximate surface area is 196 Å². The third kappa shape index (κ3) is 4.58. The number of imidazole rings is 1. The number of hydrogen-bond acceptors (Lipinski definition) is 4. The summed E-state index contributed by atoms with van der Waals surface area (Å²) in [5.41, 5.74) is 3.34. The number of nitrogens with one attached hydrogen (secondary N) is 1. The highest BCUT2D eigenvalue weighted by Crippen LogP contribution is 2.31. The van der Waals surface area contributed by atoms with Gasteiger partial charge in [-0.25, -0.2) is 9.37 Å². The molecule has 2 aromatic heterocycles. The number of fused-ring (bicyclic) bond motifs is 1. The molecular weight excluding hydrogens is 447 g/mol. The molecule has 33 heavy (non-hydrogen) atoms. The molecule has 1 fully saturated rings. The van der Waals surface area contributed by atoms with E-state index in [-0.39, 0.29) is 17.6 Å². The van der Waals surface area contributed by atoms with E-state index in [1.54, 1.807) is 12.1 Å². The van der Waals surface area contributed by atoms with Crippen molar-refractivity contribution in [3.63, 3.8) is 0 Å². The van der Waals surface area contributed by atoms with Crippen molar-refractivity contribution in [3.8, 4) is 11.3 Å². The molecule has 4 rings (SSSR count). The van der Waals surface area contributed by atoms with Crippen LogP contribution in [0, 0.1) is 12.7 Å². The number of amides is 2. The first kappa shape index (κ1) is 23.2. The molecule has 0 saturated carbocycles. The second kappa shape index (κ2) is 9.49. The number of carbonyl (C=O) groups excluding carboxylic acids is 2. The molecule has 7 nitrogen and oxygen atoms in total. The van der Waals surface area contributed by atoms with Gasteiger partial charge >= 0.3 is 0 Å². The summed E-state index contributed by atoms with van der Waals surface area (Å²) in [4.78, 5) is 30.8. The first-order valence-corrected chi connectivity index (χ1v) is 11.3. The number of nitrogens with zero attached hydrogens (tertiary/aromatic N) is 3. The molecule has 1 aliphatic rings. The molecule has 174 valence electrons. The maximum absolute atomic E-state index is 14.9. The van der Waals surface area contributed by atoms with Gasteiger partial charge in [0, 0.05) is 55.8 Å². The van der Waals surface area contributed by atoms with E-state index in [1.165, 1.54) is 19.2 Å². The van der Waals surface area contributed by atoms with Crippen LogP contribution in [0.15, 0.2) is 30.5 Å². The molecule has 2 amide bonds. The van der Waals surface area contributed by atoms with Crippen molar-refractivity contribution in [2.45, 2.75) is 32.8 Å². The lowest BCUT2D eigenvalue weighted by molar-refractivity contribution is -0.138. The Morgan fingerprint density at radius 2 is 2.12 bits per heavy atom. The predicted molar refractivity (Wildman–Crippen MR) is 124 cm³/mol. The van der Waals surface area contributed by atoms with Crippen LogP contribution in [0.4, 0.5) is 4.39 Å². The van der Waals surface area contributed by atoms with Crippen LogP contribution in [-0.2, 0) is 16.0 Å². The lowest BCUT2D eigenvalue weighted by Gasteiger charge is -2.33. The zero-order valence-electron chi connectivity index (χ0n) is 18.8. The van der Waals surface area contributed by atoms with E-state index >= 15 is 0 Å². The summed E-state index contributed by atoms with van der Waals surface area (Å²) >= 11 is 6.19. The number of morpholine rings is 1. The third-order valence-electron chi connectivity index (χ3n) is 5.94. The maximum atomic E-state index is 14.9. The Bertz CT molecular complexity index is 1230. The van der Waals surface area contributed by atoms with Crippen LogP contribution in [0.25, 0.3) is 16.9 Å². The molecule has 0 aliphatic carbocycles. The van der Waals surface area contributed by atoms with E-state index in [1.807, 2.05) is 29.3 Å². The first-order chi connectivity index (χ1) is 15.8. The lowest BCUT2D eigenvalue weighted by Crippen LogP contribution is -2.46. The largest absolute Gasteiger partial charge is 0.374 e. The van der Waals surface area contributed by atoms with Gasteiger partial charge in [-0.05, 0) is 30.7 Å². The Morgan fingerprint density at radius 1 is 1.33 bits per heavy atom. The fourth-order valence-electron chi connectivity index (χ4n) is 4.24. The van der Waals surface area contributed by atoms with Gasteiger partial charge in [0.2, 0.25) is 5.91 Å². The summed E-state index contributed by atoms with van der Waals surface area (Å²) in [5.74, 6) is -1.01. The van der Waals surface area contributed by atoms with Crippen molar-refractivity contribution in [2.75, 3.05) is 26.7 Å². The Balaban J connectivity index is 1.78. The average molecular weight is 473 g/mol. The monoisotopic (exact) mass is 472 g/mol. The van der Waals surface area contributed by atoms with Crippen molar-refractivity contribution in [3.05, 3.63) is 58.1 Å². The van der Waals surface area contributed by atoms with E-state index in [4.69, 9.17) is 21.3 Å². The van der Waals surface area contributed by atoms with Crippen molar-refractivity contribution >= 4 is 29.1 Å². The van der Waals surface area contributed by atoms with Crippen LogP contribution >= 0.6 is 11.6 Å². The molecule has 0 radical (unpaired) electrons. The summed E-state index contributed by atoms with van der Waals surface area (Å²) in [6.07, 6.45) is 2.52. The van der Waals surface area contributed by atoms with Crippen LogP contribution in [0.1, 0.15) is 35.0 Å². The average Bonchev–Trinajstić information content (AvgIpc) is 3.16. The van der Waals surface area contributed by atoms with Gasteiger partial charge in [-0.1, -0.05) is 18.5 Å². The summed E-state index contributed by atoms with van der Waals surface area (Å²) in [6, 6.07) is 6.39. The normalized spacial score (nSPS) is 16.3. The number of rotatable bonds is 5. The number of ether oxygens (including phenoxy) is 1. The number of aryl methyl sites for hydroxylation is 1. The van der Waals surface area contributed by atoms with Crippen LogP contribution in [0.3, 0.4) is 0 Å². The first-order valence-electron chi connectivity index (χ1n) is 10.9. The fraction of sp³-hybridized carbons (Fsp3) is 0.375. The summed E-state index contributed by atoms with van der Waals surface area (Å²) < 4.78 is 22.7. The second-order valence-corrected chi connectivity index (χ2v) is 8.53. The van der Waals surface area contributed by atoms with Gasteiger partial charge in [-0.15, -0.1) is 0 Å². The van der Waals surface area contributed by atoms with Gasteiger partial charge in [-0.3, -0.25) is 9.59 Å². The summed E-state index contributed by atoms with van der Waals surface area (Å²) in [5, 5.41) is 3.00. The van der Waals surface area contributed by atoms with Gasteiger partial charge < -0.3 is 19.4 Å². The minimum absolute atomic E-state index is 0.0172. The molecule has 1 saturated heterocycles. The zero-order chi connectivity index (χ0) is 23.7. The molecule has 1 atom stereocenters.